The van der Waals surface area contributed by atoms with Gasteiger partial charge in [0.1, 0.15) is 11.3 Å². The molecule has 4 heteroatoms. The zero-order chi connectivity index (χ0) is 14.1. The van der Waals surface area contributed by atoms with Crippen LogP contribution in [0.15, 0.2) is 33.2 Å². The third-order valence-electron chi connectivity index (χ3n) is 4.23. The Morgan fingerprint density at radius 2 is 2.25 bits per heavy atom. The summed E-state index contributed by atoms with van der Waals surface area (Å²) in [6, 6.07) is 8.28. The molecule has 1 aliphatic carbocycles. The summed E-state index contributed by atoms with van der Waals surface area (Å²) in [5, 5.41) is 14.4. The molecule has 2 aromatic rings. The summed E-state index contributed by atoms with van der Waals surface area (Å²) in [7, 11) is 0. The van der Waals surface area contributed by atoms with Gasteiger partial charge in [-0.2, -0.15) is 0 Å². The number of rotatable bonds is 4. The number of hydrogen-bond donors (Lipinski definition) is 2. The van der Waals surface area contributed by atoms with Crippen molar-refractivity contribution in [2.24, 2.45) is 5.92 Å². The van der Waals surface area contributed by atoms with Crippen molar-refractivity contribution in [1.29, 1.82) is 0 Å². The molecule has 3 rings (SSSR count). The second-order valence-corrected chi connectivity index (χ2v) is 6.63. The minimum Gasteiger partial charge on any atom is -0.459 e. The first-order chi connectivity index (χ1) is 9.63. The van der Waals surface area contributed by atoms with Crippen LogP contribution in [0.5, 0.6) is 0 Å². The number of hydrogen-bond acceptors (Lipinski definition) is 3. The quantitative estimate of drug-likeness (QED) is 0.885. The Hall–Kier alpha value is -0.840. The van der Waals surface area contributed by atoms with E-state index >= 15 is 0 Å². The van der Waals surface area contributed by atoms with E-state index in [1.54, 1.807) is 0 Å². The Morgan fingerprint density at radius 3 is 3.00 bits per heavy atom. The zero-order valence-electron chi connectivity index (χ0n) is 11.6. The molecular formula is C16H20BrNO2. The Labute approximate surface area is 127 Å². The second-order valence-electron chi connectivity index (χ2n) is 5.72. The van der Waals surface area contributed by atoms with E-state index in [1.165, 1.54) is 0 Å². The van der Waals surface area contributed by atoms with E-state index in [-0.39, 0.29) is 12.1 Å². The lowest BCUT2D eigenvalue weighted by atomic mass is 10.1. The first kappa shape index (κ1) is 14.1. The highest BCUT2D eigenvalue weighted by Crippen LogP contribution is 2.28. The fraction of sp³-hybridized carbons (Fsp3) is 0.500. The number of furan rings is 1. The molecule has 1 heterocycles. The summed E-state index contributed by atoms with van der Waals surface area (Å²) in [4.78, 5) is 0. The van der Waals surface area contributed by atoms with Gasteiger partial charge in [-0.15, -0.1) is 0 Å². The van der Waals surface area contributed by atoms with Crippen molar-refractivity contribution in [2.45, 2.75) is 38.3 Å². The molecule has 0 amide bonds. The van der Waals surface area contributed by atoms with Crippen molar-refractivity contribution >= 4 is 26.9 Å². The summed E-state index contributed by atoms with van der Waals surface area (Å²) in [6.07, 6.45) is 3.06. The Bertz CT molecular complexity index is 595. The molecule has 1 aromatic carbocycles. The number of nitrogens with one attached hydrogen (secondary N) is 1. The molecule has 2 N–H and O–H groups in total. The van der Waals surface area contributed by atoms with Crippen molar-refractivity contribution in [3.8, 4) is 0 Å². The van der Waals surface area contributed by atoms with Gasteiger partial charge in [0.25, 0.3) is 0 Å². The van der Waals surface area contributed by atoms with Crippen LogP contribution in [-0.2, 0) is 0 Å². The molecule has 0 saturated heterocycles. The predicted octanol–water partition coefficient (Wildman–Crippen LogP) is 4.01. The summed E-state index contributed by atoms with van der Waals surface area (Å²) in [6.45, 7) is 2.96. The van der Waals surface area contributed by atoms with Crippen molar-refractivity contribution < 1.29 is 9.52 Å². The Balaban J connectivity index is 1.67. The third kappa shape index (κ3) is 2.92. The van der Waals surface area contributed by atoms with Crippen LogP contribution in [0.4, 0.5) is 0 Å². The topological polar surface area (TPSA) is 45.4 Å². The van der Waals surface area contributed by atoms with Crippen molar-refractivity contribution in [2.75, 3.05) is 6.54 Å². The molecule has 0 aliphatic heterocycles. The molecule has 1 aromatic heterocycles. The van der Waals surface area contributed by atoms with Gasteiger partial charge in [0.15, 0.2) is 0 Å². The molecule has 1 saturated carbocycles. The molecule has 0 radical (unpaired) electrons. The highest BCUT2D eigenvalue weighted by atomic mass is 79.9. The molecule has 20 heavy (non-hydrogen) atoms. The fourth-order valence-electron chi connectivity index (χ4n) is 2.93. The van der Waals surface area contributed by atoms with Crippen molar-refractivity contribution in [3.63, 3.8) is 0 Å². The van der Waals surface area contributed by atoms with Gasteiger partial charge < -0.3 is 14.8 Å². The van der Waals surface area contributed by atoms with Gasteiger partial charge in [-0.05, 0) is 49.9 Å². The molecule has 3 nitrogen and oxygen atoms in total. The maximum atomic E-state index is 9.85. The van der Waals surface area contributed by atoms with Crippen LogP contribution in [-0.4, -0.2) is 17.8 Å². The van der Waals surface area contributed by atoms with E-state index in [0.717, 1.165) is 47.0 Å². The van der Waals surface area contributed by atoms with Gasteiger partial charge in [0.05, 0.1) is 12.1 Å². The molecule has 108 valence electrons. The summed E-state index contributed by atoms with van der Waals surface area (Å²) in [5.74, 6) is 1.33. The SMILES string of the molecule is CC(NCC1CCCC1O)c1cc2cc(Br)ccc2o1. The lowest BCUT2D eigenvalue weighted by molar-refractivity contribution is 0.129. The van der Waals surface area contributed by atoms with Gasteiger partial charge in [-0.1, -0.05) is 22.4 Å². The van der Waals surface area contributed by atoms with Crippen molar-refractivity contribution in [1.82, 2.24) is 5.32 Å². The predicted molar refractivity (Wildman–Crippen MR) is 83.7 cm³/mol. The number of benzene rings is 1. The Kier molecular flexibility index (Phi) is 4.15. The largest absolute Gasteiger partial charge is 0.459 e. The van der Waals surface area contributed by atoms with Crippen LogP contribution in [0.2, 0.25) is 0 Å². The number of halogens is 1. The fourth-order valence-corrected chi connectivity index (χ4v) is 3.31. The summed E-state index contributed by atoms with van der Waals surface area (Å²) in [5.41, 5.74) is 0.915. The zero-order valence-corrected chi connectivity index (χ0v) is 13.2. The minimum atomic E-state index is -0.138. The first-order valence-electron chi connectivity index (χ1n) is 7.24. The molecule has 3 unspecified atom stereocenters. The lowest BCUT2D eigenvalue weighted by Crippen LogP contribution is -2.29. The smallest absolute Gasteiger partial charge is 0.134 e. The molecule has 0 bridgehead atoms. The van der Waals surface area contributed by atoms with Crippen LogP contribution >= 0.6 is 15.9 Å². The number of fused-ring (bicyclic) bond motifs is 1. The van der Waals surface area contributed by atoms with E-state index in [1.807, 2.05) is 12.1 Å². The lowest BCUT2D eigenvalue weighted by Gasteiger charge is -2.18. The minimum absolute atomic E-state index is 0.138. The van der Waals surface area contributed by atoms with Gasteiger partial charge in [0, 0.05) is 16.4 Å². The average molecular weight is 338 g/mol. The number of aliphatic hydroxyl groups is 1. The van der Waals surface area contributed by atoms with Gasteiger partial charge >= 0.3 is 0 Å². The third-order valence-corrected chi connectivity index (χ3v) is 4.72. The first-order valence-corrected chi connectivity index (χ1v) is 8.03. The van der Waals surface area contributed by atoms with E-state index in [2.05, 4.69) is 40.3 Å². The number of aliphatic hydroxyl groups excluding tert-OH is 1. The van der Waals surface area contributed by atoms with Gasteiger partial charge in [0.2, 0.25) is 0 Å². The summed E-state index contributed by atoms with van der Waals surface area (Å²) >= 11 is 3.48. The van der Waals surface area contributed by atoms with Crippen LogP contribution in [0.3, 0.4) is 0 Å². The highest BCUT2D eigenvalue weighted by Gasteiger charge is 2.25. The van der Waals surface area contributed by atoms with Gasteiger partial charge in [-0.3, -0.25) is 0 Å². The molecule has 1 aliphatic rings. The van der Waals surface area contributed by atoms with Crippen molar-refractivity contribution in [3.05, 3.63) is 34.5 Å². The molecular weight excluding hydrogens is 318 g/mol. The van der Waals surface area contributed by atoms with E-state index in [0.29, 0.717) is 5.92 Å². The maximum Gasteiger partial charge on any atom is 0.134 e. The molecule has 0 spiro atoms. The van der Waals surface area contributed by atoms with E-state index in [9.17, 15) is 5.11 Å². The monoisotopic (exact) mass is 337 g/mol. The van der Waals surface area contributed by atoms with Crippen LogP contribution < -0.4 is 5.32 Å². The summed E-state index contributed by atoms with van der Waals surface area (Å²) < 4.78 is 6.94. The highest BCUT2D eigenvalue weighted by molar-refractivity contribution is 9.10. The Morgan fingerprint density at radius 1 is 1.40 bits per heavy atom. The van der Waals surface area contributed by atoms with Crippen LogP contribution in [0.1, 0.15) is 38.0 Å². The molecule has 3 atom stereocenters. The van der Waals surface area contributed by atoms with Crippen LogP contribution in [0.25, 0.3) is 11.0 Å². The average Bonchev–Trinajstić information content (AvgIpc) is 3.01. The maximum absolute atomic E-state index is 9.85. The van der Waals surface area contributed by atoms with E-state index < -0.39 is 0 Å². The van der Waals surface area contributed by atoms with E-state index in [4.69, 9.17) is 4.42 Å². The second kappa shape index (κ2) is 5.88. The molecule has 1 fully saturated rings. The standard InChI is InChI=1S/C16H20BrNO2/c1-10(18-9-11-3-2-4-14(11)19)16-8-12-7-13(17)5-6-15(12)20-16/h5-8,10-11,14,18-19H,2-4,9H2,1H3. The normalized spacial score (nSPS) is 24.4. The van der Waals surface area contributed by atoms with Gasteiger partial charge in [-0.25, -0.2) is 0 Å². The van der Waals surface area contributed by atoms with Crippen LogP contribution in [0, 0.1) is 5.92 Å².